The lowest BCUT2D eigenvalue weighted by atomic mass is 10.1. The topological polar surface area (TPSA) is 84.6 Å². The van der Waals surface area contributed by atoms with Crippen molar-refractivity contribution < 1.29 is 22.7 Å². The molecule has 6 heteroatoms. The van der Waals surface area contributed by atoms with E-state index in [0.717, 1.165) is 0 Å². The van der Waals surface area contributed by atoms with Crippen LogP contribution in [-0.4, -0.2) is 24.7 Å². The van der Waals surface area contributed by atoms with Crippen molar-refractivity contribution in [2.24, 2.45) is 0 Å². The van der Waals surface area contributed by atoms with E-state index in [9.17, 15) is 18.3 Å². The number of furan rings is 1. The molecule has 102 valence electrons. The van der Waals surface area contributed by atoms with E-state index < -0.39 is 26.8 Å². The van der Waals surface area contributed by atoms with Gasteiger partial charge in [0.05, 0.1) is 5.25 Å². The molecule has 0 atom stereocenters. The number of hydrogen-bond donors (Lipinski definition) is 1. The minimum absolute atomic E-state index is 0.0117. The van der Waals surface area contributed by atoms with Crippen LogP contribution in [0, 0.1) is 0 Å². The molecule has 0 radical (unpaired) electrons. The molecular weight excluding hydrogens is 268 g/mol. The second-order valence-corrected chi connectivity index (χ2v) is 7.11. The Morgan fingerprint density at radius 2 is 1.95 bits per heavy atom. The van der Waals surface area contributed by atoms with Gasteiger partial charge in [0.1, 0.15) is 22.7 Å². The molecule has 0 spiro atoms. The van der Waals surface area contributed by atoms with E-state index in [2.05, 4.69) is 0 Å². The summed E-state index contributed by atoms with van der Waals surface area (Å²) in [5, 5.41) is 9.07. The van der Waals surface area contributed by atoms with Crippen molar-refractivity contribution in [3.8, 4) is 0 Å². The van der Waals surface area contributed by atoms with Crippen LogP contribution in [0.3, 0.4) is 0 Å². The Balaban J connectivity index is 2.61. The van der Waals surface area contributed by atoms with Gasteiger partial charge in [-0.3, -0.25) is 0 Å². The summed E-state index contributed by atoms with van der Waals surface area (Å²) in [6.07, 6.45) is 0. The number of benzene rings is 1. The predicted octanol–water partition coefficient (Wildman–Crippen LogP) is 2.45. The summed E-state index contributed by atoms with van der Waals surface area (Å²) < 4.78 is 29.2. The molecule has 5 nitrogen and oxygen atoms in total. The van der Waals surface area contributed by atoms with Crippen LogP contribution in [-0.2, 0) is 15.6 Å². The van der Waals surface area contributed by atoms with Crippen LogP contribution in [0.5, 0.6) is 0 Å². The van der Waals surface area contributed by atoms with E-state index in [1.807, 2.05) is 0 Å². The maximum Gasteiger partial charge on any atom is 0.339 e. The molecule has 0 aliphatic heterocycles. The molecule has 0 aliphatic carbocycles. The van der Waals surface area contributed by atoms with Gasteiger partial charge in [0, 0.05) is 5.39 Å². The van der Waals surface area contributed by atoms with Crippen LogP contribution in [0.2, 0.25) is 0 Å². The summed E-state index contributed by atoms with van der Waals surface area (Å²) >= 11 is 0. The first kappa shape index (κ1) is 13.6. The van der Waals surface area contributed by atoms with Crippen molar-refractivity contribution in [3.63, 3.8) is 0 Å². The summed E-state index contributed by atoms with van der Waals surface area (Å²) in [4.78, 5) is 11.3. The monoisotopic (exact) mass is 282 g/mol. The summed E-state index contributed by atoms with van der Waals surface area (Å²) in [7, 11) is -3.41. The lowest BCUT2D eigenvalue weighted by molar-refractivity contribution is 0.0697. The fraction of sp³-hybridized carbons (Fsp3) is 0.308. The van der Waals surface area contributed by atoms with Gasteiger partial charge in [0.25, 0.3) is 0 Å². The first-order chi connectivity index (χ1) is 8.83. The van der Waals surface area contributed by atoms with E-state index in [1.165, 1.54) is 0 Å². The molecule has 1 aromatic heterocycles. The number of fused-ring (bicyclic) bond motifs is 1. The van der Waals surface area contributed by atoms with Crippen molar-refractivity contribution in [2.75, 3.05) is 0 Å². The van der Waals surface area contributed by atoms with Gasteiger partial charge in [-0.1, -0.05) is 18.2 Å². The zero-order valence-corrected chi connectivity index (χ0v) is 11.4. The predicted molar refractivity (Wildman–Crippen MR) is 70.9 cm³/mol. The Morgan fingerprint density at radius 3 is 2.53 bits per heavy atom. The van der Waals surface area contributed by atoms with Crippen LogP contribution in [0.15, 0.2) is 28.7 Å². The third kappa shape index (κ3) is 2.49. The number of rotatable bonds is 4. The highest BCUT2D eigenvalue weighted by Crippen LogP contribution is 2.28. The summed E-state index contributed by atoms with van der Waals surface area (Å²) in [6.45, 7) is 3.11. The molecule has 0 saturated carbocycles. The molecule has 2 rings (SSSR count). The number of carbonyl (C=O) groups is 1. The molecule has 1 heterocycles. The van der Waals surface area contributed by atoms with Crippen LogP contribution in [0.25, 0.3) is 11.0 Å². The Labute approximate surface area is 110 Å². The molecule has 0 bridgehead atoms. The largest absolute Gasteiger partial charge is 0.478 e. The summed E-state index contributed by atoms with van der Waals surface area (Å²) in [5.74, 6) is -1.60. The zero-order valence-electron chi connectivity index (χ0n) is 10.6. The lowest BCUT2D eigenvalue weighted by Crippen LogP contribution is -2.17. The summed E-state index contributed by atoms with van der Waals surface area (Å²) in [6, 6.07) is 6.62. The number of carboxylic acid groups (broad SMARTS) is 1. The maximum absolute atomic E-state index is 11.9. The molecule has 1 aromatic carbocycles. The minimum atomic E-state index is -3.41. The van der Waals surface area contributed by atoms with E-state index in [4.69, 9.17) is 4.42 Å². The average Bonchev–Trinajstić information content (AvgIpc) is 2.65. The first-order valence-corrected chi connectivity index (χ1v) is 7.49. The third-order valence-corrected chi connectivity index (χ3v) is 5.03. The van der Waals surface area contributed by atoms with Gasteiger partial charge in [-0.15, -0.1) is 0 Å². The molecule has 0 saturated heterocycles. The normalized spacial score (nSPS) is 12.2. The Bertz CT molecular complexity index is 725. The highest BCUT2D eigenvalue weighted by Gasteiger charge is 2.26. The van der Waals surface area contributed by atoms with Crippen molar-refractivity contribution in [3.05, 3.63) is 35.6 Å². The quantitative estimate of drug-likeness (QED) is 0.931. The van der Waals surface area contributed by atoms with Gasteiger partial charge in [-0.2, -0.15) is 0 Å². The molecule has 0 aliphatic rings. The van der Waals surface area contributed by atoms with Gasteiger partial charge in [-0.25, -0.2) is 13.2 Å². The fourth-order valence-corrected chi connectivity index (χ4v) is 2.68. The van der Waals surface area contributed by atoms with Gasteiger partial charge in [-0.05, 0) is 19.9 Å². The Hall–Kier alpha value is -1.82. The standard InChI is InChI=1S/C13H14O5S/c1-8(2)19(16,17)7-11-12(13(14)15)9-5-3-4-6-10(9)18-11/h3-6,8H,7H2,1-2H3,(H,14,15). The van der Waals surface area contributed by atoms with Crippen molar-refractivity contribution in [1.82, 2.24) is 0 Å². The van der Waals surface area contributed by atoms with Gasteiger partial charge in [0.2, 0.25) is 0 Å². The SMILES string of the molecule is CC(C)S(=O)(=O)Cc1oc2ccccc2c1C(=O)O. The smallest absolute Gasteiger partial charge is 0.339 e. The maximum atomic E-state index is 11.9. The second kappa shape index (κ2) is 4.70. The van der Waals surface area contributed by atoms with Gasteiger partial charge in [0.15, 0.2) is 9.84 Å². The number of carboxylic acids is 1. The van der Waals surface area contributed by atoms with Crippen molar-refractivity contribution in [2.45, 2.75) is 24.9 Å². The molecule has 2 aromatic rings. The Kier molecular flexibility index (Phi) is 3.36. The number of sulfone groups is 1. The van der Waals surface area contributed by atoms with Crippen molar-refractivity contribution in [1.29, 1.82) is 0 Å². The average molecular weight is 282 g/mol. The van der Waals surface area contributed by atoms with E-state index in [1.54, 1.807) is 38.1 Å². The molecule has 0 unspecified atom stereocenters. The number of aromatic carboxylic acids is 1. The van der Waals surface area contributed by atoms with E-state index in [-0.39, 0.29) is 11.3 Å². The Morgan fingerprint density at radius 1 is 1.32 bits per heavy atom. The zero-order chi connectivity index (χ0) is 14.2. The molecule has 19 heavy (non-hydrogen) atoms. The highest BCUT2D eigenvalue weighted by atomic mass is 32.2. The lowest BCUT2D eigenvalue weighted by Gasteiger charge is -2.05. The molecule has 0 amide bonds. The third-order valence-electron chi connectivity index (χ3n) is 2.93. The molecular formula is C13H14O5S. The number of para-hydroxylation sites is 1. The van der Waals surface area contributed by atoms with E-state index >= 15 is 0 Å². The highest BCUT2D eigenvalue weighted by molar-refractivity contribution is 7.91. The van der Waals surface area contributed by atoms with Gasteiger partial charge >= 0.3 is 5.97 Å². The first-order valence-electron chi connectivity index (χ1n) is 5.78. The van der Waals surface area contributed by atoms with Crippen LogP contribution >= 0.6 is 0 Å². The minimum Gasteiger partial charge on any atom is -0.478 e. The number of hydrogen-bond acceptors (Lipinski definition) is 4. The fourth-order valence-electron chi connectivity index (χ4n) is 1.78. The second-order valence-electron chi connectivity index (χ2n) is 4.56. The molecule has 0 fully saturated rings. The summed E-state index contributed by atoms with van der Waals surface area (Å²) in [5.41, 5.74) is 0.314. The van der Waals surface area contributed by atoms with E-state index in [0.29, 0.717) is 11.0 Å². The van der Waals surface area contributed by atoms with Gasteiger partial charge < -0.3 is 9.52 Å². The van der Waals surface area contributed by atoms with Crippen LogP contribution < -0.4 is 0 Å². The molecule has 1 N–H and O–H groups in total. The van der Waals surface area contributed by atoms with Crippen molar-refractivity contribution >= 4 is 26.8 Å². The van der Waals surface area contributed by atoms with Crippen LogP contribution in [0.1, 0.15) is 30.0 Å². The van der Waals surface area contributed by atoms with Crippen LogP contribution in [0.4, 0.5) is 0 Å².